The van der Waals surface area contributed by atoms with Crippen LogP contribution in [0.25, 0.3) is 0 Å². The van der Waals surface area contributed by atoms with Gasteiger partial charge in [0, 0.05) is 12.1 Å². The lowest BCUT2D eigenvalue weighted by atomic mass is 9.72. The van der Waals surface area contributed by atoms with Crippen molar-refractivity contribution in [3.05, 3.63) is 157 Å². The van der Waals surface area contributed by atoms with E-state index in [-0.39, 0.29) is 24.1 Å². The summed E-state index contributed by atoms with van der Waals surface area (Å²) in [6, 6.07) is 47.5. The lowest BCUT2D eigenvalue weighted by molar-refractivity contribution is -0.140. The van der Waals surface area contributed by atoms with Crippen LogP contribution in [0, 0.1) is 0 Å². The summed E-state index contributed by atoms with van der Waals surface area (Å²) in [5, 5.41) is 1.99. The average Bonchev–Trinajstić information content (AvgIpc) is 3.57. The summed E-state index contributed by atoms with van der Waals surface area (Å²) in [5.41, 5.74) is 1.30. The highest BCUT2D eigenvalue weighted by molar-refractivity contribution is 6.99. The van der Waals surface area contributed by atoms with E-state index in [1.807, 2.05) is 97.1 Å². The van der Waals surface area contributed by atoms with Gasteiger partial charge in [-0.15, -0.1) is 0 Å². The van der Waals surface area contributed by atoms with Crippen molar-refractivity contribution in [1.82, 2.24) is 4.90 Å². The number of carbonyl (C=O) groups excluding carboxylic acids is 2. The quantitative estimate of drug-likeness (QED) is 0.118. The molecule has 0 unspecified atom stereocenters. The SMILES string of the molecule is COc1ccc(N2C(=O)[C@]3(C[C@@H](O[Si](c4ccccc4)(c4ccccc4)C(C)(C)C)CN3C(=O)OCc3ccccc3)[C@H]2c2ccccc2)cc1. The van der Waals surface area contributed by atoms with E-state index in [9.17, 15) is 9.59 Å². The molecule has 0 bridgehead atoms. The van der Waals surface area contributed by atoms with Crippen molar-refractivity contribution in [1.29, 1.82) is 0 Å². The van der Waals surface area contributed by atoms with Crippen molar-refractivity contribution in [3.8, 4) is 5.75 Å². The van der Waals surface area contributed by atoms with E-state index < -0.39 is 32.1 Å². The first-order valence-corrected chi connectivity index (χ1v) is 19.4. The van der Waals surface area contributed by atoms with Crippen LogP contribution in [0.3, 0.4) is 0 Å². The summed E-state index contributed by atoms with van der Waals surface area (Å²) in [4.78, 5) is 32.8. The van der Waals surface area contributed by atoms with Gasteiger partial charge in [-0.3, -0.25) is 14.6 Å². The van der Waals surface area contributed by atoms with Crippen molar-refractivity contribution < 1.29 is 23.5 Å². The van der Waals surface area contributed by atoms with Crippen LogP contribution in [0.4, 0.5) is 10.5 Å². The number of ether oxygens (including phenoxy) is 2. The Kier molecular flexibility index (Phi) is 9.31. The van der Waals surface area contributed by atoms with Gasteiger partial charge in [-0.05, 0) is 50.8 Å². The van der Waals surface area contributed by atoms with Crippen LogP contribution < -0.4 is 20.0 Å². The maximum Gasteiger partial charge on any atom is 0.411 e. The Labute approximate surface area is 301 Å². The molecular weight excluding hydrogens is 653 g/mol. The lowest BCUT2D eigenvalue weighted by Crippen LogP contribution is -2.74. The largest absolute Gasteiger partial charge is 0.497 e. The minimum absolute atomic E-state index is 0.0961. The van der Waals surface area contributed by atoms with Gasteiger partial charge in [0.1, 0.15) is 12.4 Å². The Morgan fingerprint density at radius 2 is 1.29 bits per heavy atom. The van der Waals surface area contributed by atoms with E-state index >= 15 is 0 Å². The summed E-state index contributed by atoms with van der Waals surface area (Å²) in [7, 11) is -1.41. The fourth-order valence-corrected chi connectivity index (χ4v) is 12.7. The second-order valence-electron chi connectivity index (χ2n) is 14.4. The number of rotatable bonds is 9. The molecule has 260 valence electrons. The van der Waals surface area contributed by atoms with Gasteiger partial charge in [0.15, 0.2) is 5.54 Å². The third-order valence-electron chi connectivity index (χ3n) is 10.4. The first-order valence-electron chi connectivity index (χ1n) is 17.5. The van der Waals surface area contributed by atoms with Gasteiger partial charge < -0.3 is 13.9 Å². The molecule has 2 fully saturated rings. The van der Waals surface area contributed by atoms with Crippen molar-refractivity contribution >= 4 is 36.4 Å². The molecule has 8 heteroatoms. The van der Waals surface area contributed by atoms with E-state index in [1.54, 1.807) is 16.9 Å². The Balaban J connectivity index is 1.34. The molecule has 0 saturated carbocycles. The number of benzene rings is 5. The highest BCUT2D eigenvalue weighted by atomic mass is 28.4. The van der Waals surface area contributed by atoms with Gasteiger partial charge in [-0.1, -0.05) is 142 Å². The Hall–Kier alpha value is -5.18. The van der Waals surface area contributed by atoms with Gasteiger partial charge >= 0.3 is 6.09 Å². The number of carbonyl (C=O) groups is 2. The molecule has 5 aromatic carbocycles. The first-order chi connectivity index (χ1) is 24.7. The zero-order valence-corrected chi connectivity index (χ0v) is 30.6. The summed E-state index contributed by atoms with van der Waals surface area (Å²) < 4.78 is 19.1. The van der Waals surface area contributed by atoms with Crippen LogP contribution in [0.1, 0.15) is 44.4 Å². The number of methoxy groups -OCH3 is 1. The number of β-lactam (4-membered cyclic amide) rings is 1. The molecule has 0 aliphatic carbocycles. The summed E-state index contributed by atoms with van der Waals surface area (Å²) in [6.45, 7) is 7.02. The predicted molar refractivity (Wildman–Crippen MR) is 203 cm³/mol. The third-order valence-corrected chi connectivity index (χ3v) is 15.5. The minimum Gasteiger partial charge on any atom is -0.497 e. The maximum absolute atomic E-state index is 15.0. The van der Waals surface area contributed by atoms with E-state index in [0.717, 1.165) is 27.2 Å². The standard InChI is InChI=1S/C43H44N2O5Si/c1-42(2,3)51(37-21-13-7-14-22-37,38-23-15-8-16-24-38)50-36-29-43(44(30-36)41(47)49-31-32-17-9-5-10-18-32)39(33-19-11-6-12-20-33)45(40(43)46)34-25-27-35(48-4)28-26-34/h5-28,36,39H,29-31H2,1-4H3/t36-,39-,43+/m1/s1. The minimum atomic E-state index is -3.03. The Bertz CT molecular complexity index is 1910. The van der Waals surface area contributed by atoms with Crippen molar-refractivity contribution in [2.75, 3.05) is 18.6 Å². The number of anilines is 1. The molecule has 2 aliphatic rings. The normalized spacial score (nSPS) is 20.3. The Morgan fingerprint density at radius 3 is 1.82 bits per heavy atom. The van der Waals surface area contributed by atoms with Gasteiger partial charge in [-0.2, -0.15) is 0 Å². The van der Waals surface area contributed by atoms with Crippen molar-refractivity contribution in [3.63, 3.8) is 0 Å². The number of hydrogen-bond donors (Lipinski definition) is 0. The smallest absolute Gasteiger partial charge is 0.411 e. The molecule has 3 atom stereocenters. The van der Waals surface area contributed by atoms with Crippen LogP contribution in [0.5, 0.6) is 5.75 Å². The topological polar surface area (TPSA) is 68.3 Å². The molecule has 1 spiro atoms. The zero-order chi connectivity index (χ0) is 35.6. The highest BCUT2D eigenvalue weighted by Crippen LogP contribution is 2.56. The number of amides is 2. The van der Waals surface area contributed by atoms with Crippen LogP contribution in [-0.4, -0.2) is 50.5 Å². The van der Waals surface area contributed by atoms with Crippen LogP contribution >= 0.6 is 0 Å². The number of likely N-dealkylation sites (tertiary alicyclic amines) is 1. The first kappa shape index (κ1) is 34.3. The molecule has 2 aliphatic heterocycles. The molecule has 2 amide bonds. The molecule has 51 heavy (non-hydrogen) atoms. The van der Waals surface area contributed by atoms with Crippen LogP contribution in [0.15, 0.2) is 146 Å². The fourth-order valence-electron chi connectivity index (χ4n) is 8.06. The third kappa shape index (κ3) is 6.02. The number of hydrogen-bond acceptors (Lipinski definition) is 5. The molecule has 0 N–H and O–H groups in total. The summed E-state index contributed by atoms with van der Waals surface area (Å²) in [6.07, 6.45) is -0.659. The zero-order valence-electron chi connectivity index (χ0n) is 29.6. The monoisotopic (exact) mass is 696 g/mol. The highest BCUT2D eigenvalue weighted by Gasteiger charge is 2.70. The molecule has 5 aromatic rings. The molecular formula is C43H44N2O5Si. The van der Waals surface area contributed by atoms with E-state index in [4.69, 9.17) is 13.9 Å². The van der Waals surface area contributed by atoms with Crippen LogP contribution in [-0.2, 0) is 20.6 Å². The molecule has 0 radical (unpaired) electrons. The summed E-state index contributed by atoms with van der Waals surface area (Å²) in [5.74, 6) is 0.537. The van der Waals surface area contributed by atoms with E-state index in [2.05, 4.69) is 69.3 Å². The second kappa shape index (κ2) is 13.9. The number of nitrogens with zero attached hydrogens (tertiary/aromatic N) is 2. The van der Waals surface area contributed by atoms with Gasteiger partial charge in [0.05, 0.1) is 25.8 Å². The average molecular weight is 697 g/mol. The van der Waals surface area contributed by atoms with Crippen LogP contribution in [0.2, 0.25) is 5.04 Å². The lowest BCUT2D eigenvalue weighted by Gasteiger charge is -2.57. The summed E-state index contributed by atoms with van der Waals surface area (Å²) >= 11 is 0. The molecule has 2 saturated heterocycles. The second-order valence-corrected chi connectivity index (χ2v) is 18.6. The van der Waals surface area contributed by atoms with Crippen molar-refractivity contribution in [2.45, 2.75) is 56.5 Å². The van der Waals surface area contributed by atoms with E-state index in [1.165, 1.54) is 0 Å². The maximum atomic E-state index is 15.0. The van der Waals surface area contributed by atoms with E-state index in [0.29, 0.717) is 12.2 Å². The predicted octanol–water partition coefficient (Wildman–Crippen LogP) is 7.51. The van der Waals surface area contributed by atoms with Gasteiger partial charge in [0.25, 0.3) is 14.2 Å². The molecule has 2 heterocycles. The van der Waals surface area contributed by atoms with Crippen molar-refractivity contribution in [2.24, 2.45) is 0 Å². The van der Waals surface area contributed by atoms with Gasteiger partial charge in [0.2, 0.25) is 0 Å². The fraction of sp³-hybridized carbons (Fsp3) is 0.256. The molecule has 0 aromatic heterocycles. The van der Waals surface area contributed by atoms with Gasteiger partial charge in [-0.25, -0.2) is 4.79 Å². The Morgan fingerprint density at radius 1 is 0.765 bits per heavy atom. The molecule has 7 rings (SSSR count). The molecule has 7 nitrogen and oxygen atoms in total.